The lowest BCUT2D eigenvalue weighted by atomic mass is 10.2. The predicted octanol–water partition coefficient (Wildman–Crippen LogP) is 2.57. The van der Waals surface area contributed by atoms with Crippen molar-refractivity contribution in [2.45, 2.75) is 33.7 Å². The number of methoxy groups -OCH3 is 1. The third-order valence-electron chi connectivity index (χ3n) is 5.83. The van der Waals surface area contributed by atoms with Gasteiger partial charge < -0.3 is 4.74 Å². The minimum atomic E-state index is -0.891. The molecule has 1 aromatic carbocycles. The highest BCUT2D eigenvalue weighted by atomic mass is 35.5. The van der Waals surface area contributed by atoms with E-state index in [1.165, 1.54) is 25.5 Å². The zero-order chi connectivity index (χ0) is 22.8. The van der Waals surface area contributed by atoms with Crippen LogP contribution in [0.3, 0.4) is 0 Å². The van der Waals surface area contributed by atoms with Gasteiger partial charge in [-0.3, -0.25) is 23.1 Å². The first-order valence-electron chi connectivity index (χ1n) is 9.66. The Bertz CT molecular complexity index is 1500. The van der Waals surface area contributed by atoms with Gasteiger partial charge in [-0.2, -0.15) is 4.98 Å². The molecule has 9 nitrogen and oxygen atoms in total. The predicted molar refractivity (Wildman–Crippen MR) is 118 cm³/mol. The van der Waals surface area contributed by atoms with E-state index in [2.05, 4.69) is 4.98 Å². The summed E-state index contributed by atoms with van der Waals surface area (Å²) in [5.41, 5.74) is 1.54. The maximum atomic E-state index is 13.4. The van der Waals surface area contributed by atoms with Gasteiger partial charge in [-0.05, 0) is 45.9 Å². The number of carbonyl (C=O) groups is 1. The Morgan fingerprint density at radius 2 is 1.87 bits per heavy atom. The van der Waals surface area contributed by atoms with Gasteiger partial charge in [0, 0.05) is 23.5 Å². The fraction of sp³-hybridized carbons (Fsp3) is 0.333. The molecule has 0 bridgehead atoms. The Kier molecular flexibility index (Phi) is 4.81. The van der Waals surface area contributed by atoms with Gasteiger partial charge in [0.05, 0.1) is 18.8 Å². The lowest BCUT2D eigenvalue weighted by Gasteiger charge is -2.13. The van der Waals surface area contributed by atoms with Crippen LogP contribution in [-0.2, 0) is 11.8 Å². The largest absolute Gasteiger partial charge is 0.495 e. The molecule has 4 rings (SSSR count). The highest BCUT2D eigenvalue weighted by Gasteiger charge is 2.26. The molecular formula is C21H22ClN5O4. The van der Waals surface area contributed by atoms with Gasteiger partial charge in [-0.15, -0.1) is 0 Å². The van der Waals surface area contributed by atoms with Gasteiger partial charge in [0.1, 0.15) is 5.75 Å². The first-order valence-corrected chi connectivity index (χ1v) is 10.0. The Balaban J connectivity index is 2.22. The van der Waals surface area contributed by atoms with E-state index in [4.69, 9.17) is 16.3 Å². The number of Topliss-reactive ketones (excluding diaryl/α,β-unsaturated/α-hetero) is 1. The van der Waals surface area contributed by atoms with Crippen molar-refractivity contribution < 1.29 is 9.53 Å². The van der Waals surface area contributed by atoms with Crippen molar-refractivity contribution >= 4 is 34.3 Å². The quantitative estimate of drug-likeness (QED) is 0.483. The van der Waals surface area contributed by atoms with Crippen LogP contribution in [0.4, 0.5) is 0 Å². The Labute approximate surface area is 182 Å². The SMILES string of the molecule is COc1ccc(Cl)cc1-n1c(C)c(C)n2c3c(=O)n([C@@H](C)C(C)=O)c(=O)n(C)c3nc12. The van der Waals surface area contributed by atoms with E-state index >= 15 is 0 Å². The molecule has 0 saturated carbocycles. The minimum Gasteiger partial charge on any atom is -0.495 e. The van der Waals surface area contributed by atoms with E-state index in [0.717, 1.165) is 16.0 Å². The number of ketones is 1. The molecule has 162 valence electrons. The Morgan fingerprint density at radius 3 is 2.48 bits per heavy atom. The zero-order valence-corrected chi connectivity index (χ0v) is 18.8. The third kappa shape index (κ3) is 2.83. The lowest BCUT2D eigenvalue weighted by molar-refractivity contribution is -0.119. The van der Waals surface area contributed by atoms with Crippen LogP contribution in [0.5, 0.6) is 5.75 Å². The van der Waals surface area contributed by atoms with Crippen LogP contribution >= 0.6 is 11.6 Å². The summed E-state index contributed by atoms with van der Waals surface area (Å²) in [6.07, 6.45) is 0. The van der Waals surface area contributed by atoms with Crippen LogP contribution in [0.25, 0.3) is 22.6 Å². The molecule has 31 heavy (non-hydrogen) atoms. The normalized spacial score (nSPS) is 12.6. The molecule has 0 N–H and O–H groups in total. The average molecular weight is 444 g/mol. The number of carbonyl (C=O) groups excluding carboxylic acids is 1. The highest BCUT2D eigenvalue weighted by molar-refractivity contribution is 6.30. The topological polar surface area (TPSA) is 92.5 Å². The number of nitrogens with zero attached hydrogens (tertiary/aromatic N) is 5. The summed E-state index contributed by atoms with van der Waals surface area (Å²) >= 11 is 6.24. The molecule has 0 fully saturated rings. The van der Waals surface area contributed by atoms with Crippen molar-refractivity contribution in [3.63, 3.8) is 0 Å². The van der Waals surface area contributed by atoms with Crippen LogP contribution in [0.1, 0.15) is 31.3 Å². The van der Waals surface area contributed by atoms with Crippen molar-refractivity contribution in [1.29, 1.82) is 0 Å². The van der Waals surface area contributed by atoms with Crippen molar-refractivity contribution in [2.24, 2.45) is 7.05 Å². The number of fused-ring (bicyclic) bond motifs is 3. The first-order chi connectivity index (χ1) is 14.6. The van der Waals surface area contributed by atoms with Crippen LogP contribution < -0.4 is 16.0 Å². The van der Waals surface area contributed by atoms with E-state index in [1.807, 2.05) is 18.4 Å². The maximum absolute atomic E-state index is 13.4. The van der Waals surface area contributed by atoms with Crippen molar-refractivity contribution in [2.75, 3.05) is 7.11 Å². The fourth-order valence-corrected chi connectivity index (χ4v) is 4.03. The van der Waals surface area contributed by atoms with Gasteiger partial charge in [-0.25, -0.2) is 9.36 Å². The number of rotatable bonds is 4. The molecule has 0 unspecified atom stereocenters. The van der Waals surface area contributed by atoms with Crippen LogP contribution in [-0.4, -0.2) is 36.0 Å². The van der Waals surface area contributed by atoms with Gasteiger partial charge in [0.15, 0.2) is 16.9 Å². The van der Waals surface area contributed by atoms with Crippen LogP contribution in [0, 0.1) is 13.8 Å². The number of aromatic nitrogens is 5. The fourth-order valence-electron chi connectivity index (χ4n) is 3.87. The van der Waals surface area contributed by atoms with Crippen LogP contribution in [0.2, 0.25) is 5.02 Å². The van der Waals surface area contributed by atoms with Gasteiger partial charge in [0.2, 0.25) is 5.78 Å². The van der Waals surface area contributed by atoms with Gasteiger partial charge in [0.25, 0.3) is 5.56 Å². The molecule has 4 aromatic rings. The molecular weight excluding hydrogens is 422 g/mol. The maximum Gasteiger partial charge on any atom is 0.333 e. The summed E-state index contributed by atoms with van der Waals surface area (Å²) in [6.45, 7) is 6.65. The third-order valence-corrected chi connectivity index (χ3v) is 6.06. The standard InChI is InChI=1S/C21H22ClN5O4/c1-10-11(2)26-17-18(24(5)21(30)27(19(17)29)12(3)13(4)28)23-20(26)25(10)15-9-14(22)7-8-16(15)31-6/h7-9,12H,1-6H3/t12-/m0/s1. The molecule has 3 aromatic heterocycles. The highest BCUT2D eigenvalue weighted by Crippen LogP contribution is 2.32. The number of ether oxygens (including phenoxy) is 1. The zero-order valence-electron chi connectivity index (χ0n) is 18.1. The molecule has 0 amide bonds. The van der Waals surface area contributed by atoms with E-state index in [0.29, 0.717) is 22.2 Å². The number of benzene rings is 1. The minimum absolute atomic E-state index is 0.227. The number of hydrogen-bond donors (Lipinski definition) is 0. The first kappa shape index (κ1) is 20.9. The Hall–Kier alpha value is -3.33. The second-order valence-corrected chi connectivity index (χ2v) is 7.98. The summed E-state index contributed by atoms with van der Waals surface area (Å²) in [5.74, 6) is 0.730. The second kappa shape index (κ2) is 7.12. The number of hydrogen-bond acceptors (Lipinski definition) is 5. The second-order valence-electron chi connectivity index (χ2n) is 7.55. The summed E-state index contributed by atoms with van der Waals surface area (Å²) in [6, 6.07) is 4.34. The summed E-state index contributed by atoms with van der Waals surface area (Å²) in [4.78, 5) is 42.9. The molecule has 3 heterocycles. The van der Waals surface area contributed by atoms with Crippen molar-refractivity contribution in [3.05, 3.63) is 55.4 Å². The molecule has 1 atom stereocenters. The monoisotopic (exact) mass is 443 g/mol. The molecule has 10 heteroatoms. The van der Waals surface area contributed by atoms with E-state index in [1.54, 1.807) is 29.7 Å². The van der Waals surface area contributed by atoms with Gasteiger partial charge in [-0.1, -0.05) is 11.6 Å². The molecule has 0 spiro atoms. The van der Waals surface area contributed by atoms with Gasteiger partial charge >= 0.3 is 5.69 Å². The molecule has 0 aliphatic rings. The van der Waals surface area contributed by atoms with E-state index in [9.17, 15) is 14.4 Å². The Morgan fingerprint density at radius 1 is 1.19 bits per heavy atom. The van der Waals surface area contributed by atoms with E-state index < -0.39 is 17.3 Å². The summed E-state index contributed by atoms with van der Waals surface area (Å²) in [7, 11) is 3.09. The average Bonchev–Trinajstić information content (AvgIpc) is 3.22. The molecule has 0 radical (unpaired) electrons. The summed E-state index contributed by atoms with van der Waals surface area (Å²) in [5, 5.41) is 0.515. The van der Waals surface area contributed by atoms with Crippen molar-refractivity contribution in [3.8, 4) is 11.4 Å². The summed E-state index contributed by atoms with van der Waals surface area (Å²) < 4.78 is 11.3. The van der Waals surface area contributed by atoms with Crippen molar-refractivity contribution in [1.82, 2.24) is 23.1 Å². The molecule has 0 saturated heterocycles. The lowest BCUT2D eigenvalue weighted by Crippen LogP contribution is -2.42. The number of halogens is 1. The smallest absolute Gasteiger partial charge is 0.333 e. The van der Waals surface area contributed by atoms with Crippen LogP contribution in [0.15, 0.2) is 27.8 Å². The van der Waals surface area contributed by atoms with E-state index in [-0.39, 0.29) is 16.9 Å². The number of aryl methyl sites for hydroxylation is 2. The molecule has 0 aliphatic heterocycles. The number of imidazole rings is 2. The molecule has 0 aliphatic carbocycles.